The third kappa shape index (κ3) is 2.76. The molecule has 8 heteroatoms. The minimum Gasteiger partial charge on any atom is -0.378 e. The Morgan fingerprint density at radius 2 is 1.96 bits per heavy atom. The molecule has 0 aromatic carbocycles. The zero-order valence-electron chi connectivity index (χ0n) is 13.8. The summed E-state index contributed by atoms with van der Waals surface area (Å²) in [7, 11) is 1.71. The second kappa shape index (κ2) is 6.45. The summed E-state index contributed by atoms with van der Waals surface area (Å²) in [6, 6.07) is 1.89. The van der Waals surface area contributed by atoms with Gasteiger partial charge in [0.1, 0.15) is 23.4 Å². The molecule has 1 saturated carbocycles. The molecule has 2 fully saturated rings. The molecule has 0 amide bonds. The van der Waals surface area contributed by atoms with Crippen LogP contribution in [0.5, 0.6) is 0 Å². The van der Waals surface area contributed by atoms with Crippen molar-refractivity contribution in [1.29, 1.82) is 0 Å². The molecular weight excluding hydrogens is 310 g/mol. The van der Waals surface area contributed by atoms with E-state index in [0.717, 1.165) is 44.6 Å². The first-order chi connectivity index (χ1) is 11.8. The number of rotatable bonds is 4. The molecule has 4 rings (SSSR count). The summed E-state index contributed by atoms with van der Waals surface area (Å²) >= 11 is 0. The van der Waals surface area contributed by atoms with Gasteiger partial charge in [0.2, 0.25) is 5.82 Å². The molecule has 8 nitrogen and oxygen atoms in total. The Bertz CT molecular complexity index is 693. The summed E-state index contributed by atoms with van der Waals surface area (Å²) in [6.07, 6.45) is 5.61. The SMILES string of the molecule is COC1(c2noc(-c3cc(N4CCOCC4)ncn3)n2)CCCC1. The average Bonchev–Trinajstić information content (AvgIpc) is 3.33. The fraction of sp³-hybridized carbons (Fsp3) is 0.625. The van der Waals surface area contributed by atoms with E-state index in [4.69, 9.17) is 14.0 Å². The maximum atomic E-state index is 5.71. The Kier molecular flexibility index (Phi) is 4.15. The third-order valence-corrected chi connectivity index (χ3v) is 4.84. The van der Waals surface area contributed by atoms with Crippen LogP contribution >= 0.6 is 0 Å². The van der Waals surface area contributed by atoms with Gasteiger partial charge in [0.15, 0.2) is 0 Å². The van der Waals surface area contributed by atoms with Gasteiger partial charge in [-0.2, -0.15) is 4.98 Å². The van der Waals surface area contributed by atoms with Gasteiger partial charge in [0.05, 0.1) is 13.2 Å². The smallest absolute Gasteiger partial charge is 0.276 e. The zero-order chi connectivity index (χ0) is 16.4. The molecule has 0 unspecified atom stereocenters. The fourth-order valence-electron chi connectivity index (χ4n) is 3.41. The normalized spacial score (nSPS) is 20.5. The lowest BCUT2D eigenvalue weighted by atomic mass is 10.0. The van der Waals surface area contributed by atoms with Gasteiger partial charge < -0.3 is 18.9 Å². The number of nitrogens with zero attached hydrogens (tertiary/aromatic N) is 5. The van der Waals surface area contributed by atoms with E-state index in [1.807, 2.05) is 6.07 Å². The lowest BCUT2D eigenvalue weighted by Crippen LogP contribution is -2.36. The Morgan fingerprint density at radius 3 is 2.71 bits per heavy atom. The lowest BCUT2D eigenvalue weighted by molar-refractivity contribution is -0.0178. The molecule has 2 aromatic heterocycles. The summed E-state index contributed by atoms with van der Waals surface area (Å²) < 4.78 is 16.6. The van der Waals surface area contributed by atoms with Crippen LogP contribution in [0.3, 0.4) is 0 Å². The molecule has 1 saturated heterocycles. The van der Waals surface area contributed by atoms with E-state index in [9.17, 15) is 0 Å². The average molecular weight is 331 g/mol. The largest absolute Gasteiger partial charge is 0.378 e. The molecule has 0 radical (unpaired) electrons. The number of ether oxygens (including phenoxy) is 2. The van der Waals surface area contributed by atoms with E-state index in [1.54, 1.807) is 7.11 Å². The minimum atomic E-state index is -0.415. The van der Waals surface area contributed by atoms with Crippen LogP contribution in [-0.2, 0) is 15.1 Å². The minimum absolute atomic E-state index is 0.408. The van der Waals surface area contributed by atoms with E-state index in [0.29, 0.717) is 30.6 Å². The quantitative estimate of drug-likeness (QED) is 0.838. The number of aromatic nitrogens is 4. The molecular formula is C16H21N5O3. The lowest BCUT2D eigenvalue weighted by Gasteiger charge is -2.27. The van der Waals surface area contributed by atoms with Crippen LogP contribution in [-0.4, -0.2) is 53.5 Å². The van der Waals surface area contributed by atoms with Crippen molar-refractivity contribution < 1.29 is 14.0 Å². The Hall–Kier alpha value is -2.06. The van der Waals surface area contributed by atoms with Crippen molar-refractivity contribution in [3.8, 4) is 11.6 Å². The molecule has 2 aromatic rings. The van der Waals surface area contributed by atoms with E-state index in [-0.39, 0.29) is 0 Å². The highest BCUT2D eigenvalue weighted by Crippen LogP contribution is 2.40. The van der Waals surface area contributed by atoms with Crippen LogP contribution in [0.2, 0.25) is 0 Å². The predicted molar refractivity (Wildman–Crippen MR) is 85.5 cm³/mol. The van der Waals surface area contributed by atoms with Crippen molar-refractivity contribution in [2.24, 2.45) is 0 Å². The van der Waals surface area contributed by atoms with Crippen LogP contribution in [0, 0.1) is 0 Å². The van der Waals surface area contributed by atoms with Crippen LogP contribution in [0.1, 0.15) is 31.5 Å². The van der Waals surface area contributed by atoms with Gasteiger partial charge in [-0.3, -0.25) is 0 Å². The van der Waals surface area contributed by atoms with E-state index < -0.39 is 5.60 Å². The van der Waals surface area contributed by atoms with Crippen molar-refractivity contribution in [2.75, 3.05) is 38.3 Å². The van der Waals surface area contributed by atoms with Gasteiger partial charge in [0.25, 0.3) is 5.89 Å². The van der Waals surface area contributed by atoms with E-state index in [1.165, 1.54) is 6.33 Å². The molecule has 1 aliphatic carbocycles. The number of anilines is 1. The molecule has 0 spiro atoms. The van der Waals surface area contributed by atoms with Crippen molar-refractivity contribution in [1.82, 2.24) is 20.1 Å². The maximum absolute atomic E-state index is 5.71. The van der Waals surface area contributed by atoms with Gasteiger partial charge in [-0.1, -0.05) is 5.16 Å². The van der Waals surface area contributed by atoms with Gasteiger partial charge >= 0.3 is 0 Å². The molecule has 2 aliphatic rings. The van der Waals surface area contributed by atoms with Crippen molar-refractivity contribution in [2.45, 2.75) is 31.3 Å². The first-order valence-corrected chi connectivity index (χ1v) is 8.35. The second-order valence-corrected chi connectivity index (χ2v) is 6.19. The Balaban J connectivity index is 1.60. The Morgan fingerprint density at radius 1 is 1.17 bits per heavy atom. The van der Waals surface area contributed by atoms with Crippen molar-refractivity contribution in [3.05, 3.63) is 18.2 Å². The van der Waals surface area contributed by atoms with Gasteiger partial charge in [0, 0.05) is 26.3 Å². The van der Waals surface area contributed by atoms with Crippen molar-refractivity contribution in [3.63, 3.8) is 0 Å². The summed E-state index contributed by atoms with van der Waals surface area (Å²) in [4.78, 5) is 15.4. The number of morpholine rings is 1. The highest BCUT2D eigenvalue weighted by molar-refractivity contribution is 5.54. The van der Waals surface area contributed by atoms with Crippen LogP contribution in [0.25, 0.3) is 11.6 Å². The standard InChI is InChI=1S/C16H21N5O3/c1-22-16(4-2-3-5-16)15-19-14(24-20-15)12-10-13(18-11-17-12)21-6-8-23-9-7-21/h10-11H,2-9H2,1H3. The summed E-state index contributed by atoms with van der Waals surface area (Å²) in [5, 5.41) is 4.15. The Labute approximate surface area is 140 Å². The molecule has 0 bridgehead atoms. The molecule has 0 N–H and O–H groups in total. The second-order valence-electron chi connectivity index (χ2n) is 6.19. The summed E-state index contributed by atoms with van der Waals surface area (Å²) in [5.74, 6) is 1.87. The van der Waals surface area contributed by atoms with Crippen molar-refractivity contribution >= 4 is 5.82 Å². The van der Waals surface area contributed by atoms with E-state index in [2.05, 4.69) is 25.0 Å². The molecule has 1 aliphatic heterocycles. The van der Waals surface area contributed by atoms with Crippen LogP contribution < -0.4 is 4.90 Å². The number of hydrogen-bond donors (Lipinski definition) is 0. The maximum Gasteiger partial charge on any atom is 0.276 e. The number of methoxy groups -OCH3 is 1. The first kappa shape index (κ1) is 15.5. The molecule has 24 heavy (non-hydrogen) atoms. The molecule has 0 atom stereocenters. The highest BCUT2D eigenvalue weighted by atomic mass is 16.5. The molecule has 128 valence electrons. The third-order valence-electron chi connectivity index (χ3n) is 4.84. The zero-order valence-corrected chi connectivity index (χ0v) is 13.8. The van der Waals surface area contributed by atoms with E-state index >= 15 is 0 Å². The summed E-state index contributed by atoms with van der Waals surface area (Å²) in [6.45, 7) is 3.05. The van der Waals surface area contributed by atoms with Crippen LogP contribution in [0.15, 0.2) is 16.9 Å². The molecule has 3 heterocycles. The first-order valence-electron chi connectivity index (χ1n) is 8.35. The van der Waals surface area contributed by atoms with Crippen LogP contribution in [0.4, 0.5) is 5.82 Å². The van der Waals surface area contributed by atoms with Gasteiger partial charge in [-0.25, -0.2) is 9.97 Å². The highest BCUT2D eigenvalue weighted by Gasteiger charge is 2.40. The number of hydrogen-bond acceptors (Lipinski definition) is 8. The topological polar surface area (TPSA) is 86.4 Å². The summed E-state index contributed by atoms with van der Waals surface area (Å²) in [5.41, 5.74) is 0.219. The monoisotopic (exact) mass is 331 g/mol. The predicted octanol–water partition coefficient (Wildman–Crippen LogP) is 1.78. The van der Waals surface area contributed by atoms with Gasteiger partial charge in [-0.05, 0) is 25.7 Å². The fourth-order valence-corrected chi connectivity index (χ4v) is 3.41. The van der Waals surface area contributed by atoms with Gasteiger partial charge in [-0.15, -0.1) is 0 Å².